The van der Waals surface area contributed by atoms with Gasteiger partial charge in [0.1, 0.15) is 11.6 Å². The van der Waals surface area contributed by atoms with Crippen LogP contribution in [0.2, 0.25) is 0 Å². The molecule has 1 heterocycles. The van der Waals surface area contributed by atoms with Crippen molar-refractivity contribution >= 4 is 5.91 Å². The third kappa shape index (κ3) is 3.26. The predicted molar refractivity (Wildman–Crippen MR) is 71.8 cm³/mol. The summed E-state index contributed by atoms with van der Waals surface area (Å²) in [5.74, 6) is -0.224. The van der Waals surface area contributed by atoms with Crippen LogP contribution >= 0.6 is 0 Å². The minimum absolute atomic E-state index is 0.0282. The zero-order chi connectivity index (χ0) is 14.5. The molecule has 5 nitrogen and oxygen atoms in total. The Hall–Kier alpha value is -1.66. The fraction of sp³-hybridized carbons (Fsp3) is 0.500. The third-order valence-corrected chi connectivity index (χ3v) is 3.25. The zero-order valence-corrected chi connectivity index (χ0v) is 11.5. The van der Waals surface area contributed by atoms with Crippen LogP contribution in [-0.4, -0.2) is 43.2 Å². The van der Waals surface area contributed by atoms with Crippen molar-refractivity contribution in [2.24, 2.45) is 5.73 Å². The van der Waals surface area contributed by atoms with Gasteiger partial charge < -0.3 is 20.1 Å². The van der Waals surface area contributed by atoms with E-state index in [-0.39, 0.29) is 18.0 Å². The molecular formula is C14H19FN2O3. The lowest BCUT2D eigenvalue weighted by molar-refractivity contribution is -0.142. The highest BCUT2D eigenvalue weighted by Crippen LogP contribution is 2.22. The Morgan fingerprint density at radius 1 is 1.50 bits per heavy atom. The van der Waals surface area contributed by atoms with Crippen LogP contribution in [-0.2, 0) is 16.1 Å². The summed E-state index contributed by atoms with van der Waals surface area (Å²) in [6, 6.07) is 4.48. The number of nitrogens with two attached hydrogens (primary N) is 1. The van der Waals surface area contributed by atoms with Gasteiger partial charge >= 0.3 is 0 Å². The average Bonchev–Trinajstić information content (AvgIpc) is 2.47. The number of amides is 1. The van der Waals surface area contributed by atoms with Gasteiger partial charge in [-0.2, -0.15) is 0 Å². The topological polar surface area (TPSA) is 64.8 Å². The Morgan fingerprint density at radius 2 is 2.20 bits per heavy atom. The molecule has 1 unspecified atom stereocenters. The molecule has 0 aliphatic carbocycles. The highest BCUT2D eigenvalue weighted by molar-refractivity contribution is 5.81. The Bertz CT molecular complexity index is 475. The fourth-order valence-corrected chi connectivity index (χ4v) is 2.13. The molecule has 0 saturated carbocycles. The van der Waals surface area contributed by atoms with Crippen LogP contribution in [0.3, 0.4) is 0 Å². The number of nitrogens with zero attached hydrogens (tertiary/aromatic N) is 1. The van der Waals surface area contributed by atoms with Crippen molar-refractivity contribution in [1.29, 1.82) is 0 Å². The third-order valence-electron chi connectivity index (χ3n) is 3.25. The molecular weight excluding hydrogens is 263 g/mol. The first-order valence-corrected chi connectivity index (χ1v) is 6.64. The van der Waals surface area contributed by atoms with Gasteiger partial charge in [-0.1, -0.05) is 6.07 Å². The lowest BCUT2D eigenvalue weighted by atomic mass is 10.2. The van der Waals surface area contributed by atoms with Gasteiger partial charge in [0.25, 0.3) is 5.91 Å². The van der Waals surface area contributed by atoms with Crippen LogP contribution in [0.4, 0.5) is 4.39 Å². The van der Waals surface area contributed by atoms with Crippen LogP contribution in [0.1, 0.15) is 12.5 Å². The molecule has 2 N–H and O–H groups in total. The van der Waals surface area contributed by atoms with Crippen LogP contribution in [0.5, 0.6) is 5.75 Å². The maximum Gasteiger partial charge on any atom is 0.263 e. The summed E-state index contributed by atoms with van der Waals surface area (Å²) >= 11 is 0. The fourth-order valence-electron chi connectivity index (χ4n) is 2.13. The number of benzene rings is 1. The van der Waals surface area contributed by atoms with Gasteiger partial charge in [0.15, 0.2) is 6.10 Å². The molecule has 6 heteroatoms. The number of carbonyl (C=O) groups is 1. The number of carbonyl (C=O) groups excluding carboxylic acids is 1. The summed E-state index contributed by atoms with van der Waals surface area (Å²) in [4.78, 5) is 13.9. The van der Waals surface area contributed by atoms with Gasteiger partial charge in [0.05, 0.1) is 13.2 Å². The molecule has 20 heavy (non-hydrogen) atoms. The first kappa shape index (κ1) is 14.7. The lowest BCUT2D eigenvalue weighted by Crippen LogP contribution is -2.46. The van der Waals surface area contributed by atoms with E-state index in [2.05, 4.69) is 0 Å². The molecule has 0 spiro atoms. The summed E-state index contributed by atoms with van der Waals surface area (Å²) in [5, 5.41) is 0. The van der Waals surface area contributed by atoms with E-state index >= 15 is 0 Å². The summed E-state index contributed by atoms with van der Waals surface area (Å²) in [5.41, 5.74) is 5.80. The van der Waals surface area contributed by atoms with Crippen LogP contribution in [0.25, 0.3) is 0 Å². The predicted octanol–water partition coefficient (Wildman–Crippen LogP) is 0.910. The average molecular weight is 282 g/mol. The molecule has 1 aromatic carbocycles. The minimum Gasteiger partial charge on any atom is -0.480 e. The number of morpholine rings is 1. The standard InChI is InChI=1S/C14H19FN2O3/c1-10(14(18)17-5-7-19-8-6-17)20-13-4-2-3-12(15)11(13)9-16/h2-4,10H,5-9,16H2,1H3. The second-order valence-electron chi connectivity index (χ2n) is 4.62. The molecule has 1 saturated heterocycles. The summed E-state index contributed by atoms with van der Waals surface area (Å²) in [6.45, 7) is 3.86. The summed E-state index contributed by atoms with van der Waals surface area (Å²) in [7, 11) is 0. The van der Waals surface area contributed by atoms with Crippen molar-refractivity contribution in [3.05, 3.63) is 29.6 Å². The number of hydrogen-bond donors (Lipinski definition) is 1. The van der Waals surface area contributed by atoms with Gasteiger partial charge in [0, 0.05) is 25.2 Å². The molecule has 1 aromatic rings. The number of hydrogen-bond acceptors (Lipinski definition) is 4. The van der Waals surface area contributed by atoms with E-state index in [1.807, 2.05) is 0 Å². The molecule has 1 fully saturated rings. The van der Waals surface area contributed by atoms with Crippen molar-refractivity contribution < 1.29 is 18.7 Å². The van der Waals surface area contributed by atoms with Crippen LogP contribution in [0.15, 0.2) is 18.2 Å². The number of halogens is 1. The van der Waals surface area contributed by atoms with E-state index in [0.29, 0.717) is 32.1 Å². The molecule has 0 aromatic heterocycles. The van der Waals surface area contributed by atoms with E-state index < -0.39 is 11.9 Å². The van der Waals surface area contributed by atoms with Crippen molar-refractivity contribution in [2.45, 2.75) is 19.6 Å². The van der Waals surface area contributed by atoms with E-state index in [9.17, 15) is 9.18 Å². The zero-order valence-electron chi connectivity index (χ0n) is 11.5. The number of rotatable bonds is 4. The van der Waals surface area contributed by atoms with Gasteiger partial charge in [-0.15, -0.1) is 0 Å². The monoisotopic (exact) mass is 282 g/mol. The lowest BCUT2D eigenvalue weighted by Gasteiger charge is -2.29. The smallest absolute Gasteiger partial charge is 0.263 e. The molecule has 0 radical (unpaired) electrons. The highest BCUT2D eigenvalue weighted by Gasteiger charge is 2.24. The maximum atomic E-state index is 13.6. The Morgan fingerprint density at radius 3 is 2.85 bits per heavy atom. The van der Waals surface area contributed by atoms with Crippen molar-refractivity contribution in [3.8, 4) is 5.75 Å². The second kappa shape index (κ2) is 6.67. The summed E-state index contributed by atoms with van der Waals surface area (Å²) < 4.78 is 24.4. The van der Waals surface area contributed by atoms with E-state index in [0.717, 1.165) is 0 Å². The Balaban J connectivity index is 2.05. The molecule has 110 valence electrons. The van der Waals surface area contributed by atoms with Crippen LogP contribution < -0.4 is 10.5 Å². The van der Waals surface area contributed by atoms with E-state index in [1.54, 1.807) is 17.9 Å². The quantitative estimate of drug-likeness (QED) is 0.891. The largest absolute Gasteiger partial charge is 0.480 e. The Kier molecular flexibility index (Phi) is 4.92. The minimum atomic E-state index is -0.680. The number of ether oxygens (including phenoxy) is 2. The SMILES string of the molecule is CC(Oc1cccc(F)c1CN)C(=O)N1CCOCC1. The summed E-state index contributed by atoms with van der Waals surface area (Å²) in [6.07, 6.45) is -0.680. The normalized spacial score (nSPS) is 16.9. The Labute approximate surface area is 117 Å². The first-order chi connectivity index (χ1) is 9.63. The van der Waals surface area contributed by atoms with Gasteiger partial charge in [-0.05, 0) is 19.1 Å². The van der Waals surface area contributed by atoms with Crippen LogP contribution in [0, 0.1) is 5.82 Å². The molecule has 1 aliphatic heterocycles. The van der Waals surface area contributed by atoms with Crippen molar-refractivity contribution in [1.82, 2.24) is 4.90 Å². The second-order valence-corrected chi connectivity index (χ2v) is 4.62. The van der Waals surface area contributed by atoms with Gasteiger partial charge in [-0.3, -0.25) is 4.79 Å². The first-order valence-electron chi connectivity index (χ1n) is 6.64. The molecule has 0 bridgehead atoms. The van der Waals surface area contributed by atoms with E-state index in [4.69, 9.17) is 15.2 Å². The van der Waals surface area contributed by atoms with Crippen molar-refractivity contribution in [2.75, 3.05) is 26.3 Å². The molecule has 1 atom stereocenters. The van der Waals surface area contributed by atoms with E-state index in [1.165, 1.54) is 12.1 Å². The van der Waals surface area contributed by atoms with Crippen molar-refractivity contribution in [3.63, 3.8) is 0 Å². The highest BCUT2D eigenvalue weighted by atomic mass is 19.1. The molecule has 1 amide bonds. The van der Waals surface area contributed by atoms with Gasteiger partial charge in [-0.25, -0.2) is 4.39 Å². The molecule has 2 rings (SSSR count). The molecule has 1 aliphatic rings. The van der Waals surface area contributed by atoms with Gasteiger partial charge in [0.2, 0.25) is 0 Å². The maximum absolute atomic E-state index is 13.6.